The Morgan fingerprint density at radius 2 is 1.81 bits per heavy atom. The van der Waals surface area contributed by atoms with Crippen LogP contribution in [-0.4, -0.2) is 33.9 Å². The second kappa shape index (κ2) is 8.98. The van der Waals surface area contributed by atoms with E-state index in [1.165, 1.54) is 6.92 Å². The first-order chi connectivity index (χ1) is 9.81. The van der Waals surface area contributed by atoms with Gasteiger partial charge in [0, 0.05) is 5.57 Å². The van der Waals surface area contributed by atoms with Crippen molar-refractivity contribution in [2.45, 2.75) is 13.8 Å². The fourth-order valence-electron chi connectivity index (χ4n) is 0.956. The van der Waals surface area contributed by atoms with Crippen LogP contribution in [0.2, 0.25) is 0 Å². The highest BCUT2D eigenvalue weighted by atomic mass is 16.7. The number of carbonyl (C=O) groups is 2. The number of hydrogen-bond acceptors (Lipinski definition) is 4. The van der Waals surface area contributed by atoms with Crippen LogP contribution in [0.3, 0.4) is 0 Å². The van der Waals surface area contributed by atoms with E-state index < -0.39 is 12.1 Å². The molecule has 0 unspecified atom stereocenters. The number of hydrogen-bond donors (Lipinski definition) is 2. The highest BCUT2D eigenvalue weighted by Crippen LogP contribution is 2.13. The first kappa shape index (κ1) is 18.0. The lowest BCUT2D eigenvalue weighted by atomic mass is 10.2. The zero-order valence-electron chi connectivity index (χ0n) is 11.7. The van der Waals surface area contributed by atoms with Gasteiger partial charge in [0.1, 0.15) is 0 Å². The lowest BCUT2D eigenvalue weighted by Crippen LogP contribution is -2.32. The number of hydroxylamine groups is 2. The van der Waals surface area contributed by atoms with Crippen LogP contribution in [0, 0.1) is 11.3 Å². The van der Waals surface area contributed by atoms with Crippen LogP contribution in [0.1, 0.15) is 19.4 Å². The number of benzene rings is 1. The molecule has 1 aromatic rings. The van der Waals surface area contributed by atoms with Gasteiger partial charge in [-0.2, -0.15) is 5.26 Å². The van der Waals surface area contributed by atoms with Crippen molar-refractivity contribution in [3.8, 4) is 11.8 Å². The predicted molar refractivity (Wildman–Crippen MR) is 74.6 cm³/mol. The Labute approximate surface area is 122 Å². The summed E-state index contributed by atoms with van der Waals surface area (Å²) in [5.74, 6) is -0.548. The zero-order valence-corrected chi connectivity index (χ0v) is 11.7. The van der Waals surface area contributed by atoms with Crippen LogP contribution < -0.4 is 4.84 Å². The largest absolute Gasteiger partial charge is 0.478 e. The normalized spacial score (nSPS) is 8.62. The molecule has 1 amide bonds. The van der Waals surface area contributed by atoms with Gasteiger partial charge in [0.05, 0.1) is 18.2 Å². The van der Waals surface area contributed by atoms with E-state index in [0.717, 1.165) is 5.06 Å². The molecule has 0 spiro atoms. The summed E-state index contributed by atoms with van der Waals surface area (Å²) in [6.45, 7) is 6.50. The second-order valence-corrected chi connectivity index (χ2v) is 3.79. The minimum absolute atomic E-state index is 0.176. The molecule has 0 saturated heterocycles. The van der Waals surface area contributed by atoms with Gasteiger partial charge in [0.25, 0.3) is 0 Å². The molecule has 2 N–H and O–H groups in total. The summed E-state index contributed by atoms with van der Waals surface area (Å²) in [6, 6.07) is 8.17. The van der Waals surface area contributed by atoms with Crippen molar-refractivity contribution in [1.29, 1.82) is 5.26 Å². The summed E-state index contributed by atoms with van der Waals surface area (Å²) in [6.07, 6.45) is -1.15. The Morgan fingerprint density at radius 1 is 1.33 bits per heavy atom. The third-order valence-electron chi connectivity index (χ3n) is 2.06. The van der Waals surface area contributed by atoms with Crippen LogP contribution in [0.15, 0.2) is 36.4 Å². The number of carboxylic acids is 1. The van der Waals surface area contributed by atoms with E-state index >= 15 is 0 Å². The topological polar surface area (TPSA) is 111 Å². The molecule has 0 atom stereocenters. The molecular formula is C14H16N2O5. The molecule has 0 aliphatic heterocycles. The van der Waals surface area contributed by atoms with Crippen molar-refractivity contribution >= 4 is 12.1 Å². The van der Waals surface area contributed by atoms with Crippen molar-refractivity contribution in [1.82, 2.24) is 5.06 Å². The Balaban J connectivity index is 0.000000567. The number of rotatable bonds is 4. The molecule has 0 aromatic heterocycles. The van der Waals surface area contributed by atoms with Gasteiger partial charge in [-0.25, -0.2) is 9.59 Å². The summed E-state index contributed by atoms with van der Waals surface area (Å²) in [5, 5.41) is 25.9. The number of aliphatic carboxylic acids is 1. The first-order valence-corrected chi connectivity index (χ1v) is 5.89. The van der Waals surface area contributed by atoms with E-state index in [4.69, 9.17) is 20.3 Å². The van der Waals surface area contributed by atoms with Crippen LogP contribution in [0.5, 0.6) is 5.75 Å². The van der Waals surface area contributed by atoms with Gasteiger partial charge in [-0.1, -0.05) is 6.58 Å². The van der Waals surface area contributed by atoms with Crippen molar-refractivity contribution in [2.75, 3.05) is 6.54 Å². The maximum atomic E-state index is 10.6. The maximum absolute atomic E-state index is 10.6. The smallest absolute Gasteiger partial charge is 0.440 e. The molecule has 0 heterocycles. The summed E-state index contributed by atoms with van der Waals surface area (Å²) >= 11 is 0. The average Bonchev–Trinajstić information content (AvgIpc) is 2.45. The van der Waals surface area contributed by atoms with E-state index in [1.807, 2.05) is 6.07 Å². The van der Waals surface area contributed by atoms with Crippen LogP contribution >= 0.6 is 0 Å². The van der Waals surface area contributed by atoms with Gasteiger partial charge in [-0.05, 0) is 38.1 Å². The lowest BCUT2D eigenvalue weighted by molar-refractivity contribution is -0.132. The molecule has 0 bridgehead atoms. The molecule has 0 aliphatic rings. The number of nitrogens with zero attached hydrogens (tertiary/aromatic N) is 2. The van der Waals surface area contributed by atoms with Gasteiger partial charge < -0.3 is 15.1 Å². The molecule has 1 rings (SSSR count). The van der Waals surface area contributed by atoms with Crippen molar-refractivity contribution in [2.24, 2.45) is 0 Å². The molecule has 0 aliphatic carbocycles. The number of amides is 1. The number of carboxylic acid groups (broad SMARTS) is 2. The Hall–Kier alpha value is -3.01. The molecule has 0 radical (unpaired) electrons. The van der Waals surface area contributed by atoms with Crippen molar-refractivity contribution in [3.63, 3.8) is 0 Å². The molecule has 7 nitrogen and oxygen atoms in total. The molecule has 7 heteroatoms. The Kier molecular flexibility index (Phi) is 7.70. The fraction of sp³-hybridized carbons (Fsp3) is 0.214. The monoisotopic (exact) mass is 292 g/mol. The molecule has 0 saturated carbocycles. The summed E-state index contributed by atoms with van der Waals surface area (Å²) < 4.78 is 0. The molecule has 112 valence electrons. The van der Waals surface area contributed by atoms with Crippen molar-refractivity contribution < 1.29 is 24.6 Å². The Morgan fingerprint density at radius 3 is 2.10 bits per heavy atom. The average molecular weight is 292 g/mol. The van der Waals surface area contributed by atoms with Gasteiger partial charge >= 0.3 is 12.1 Å². The third-order valence-corrected chi connectivity index (χ3v) is 2.06. The zero-order chi connectivity index (χ0) is 16.4. The second-order valence-electron chi connectivity index (χ2n) is 3.79. The number of nitriles is 1. The first-order valence-electron chi connectivity index (χ1n) is 5.89. The SMILES string of the molecule is C=C(C)C(=O)O.CCN(Oc1ccc(C#N)cc1)C(=O)O. The van der Waals surface area contributed by atoms with E-state index in [2.05, 4.69) is 6.58 Å². The minimum atomic E-state index is -1.15. The predicted octanol–water partition coefficient (Wildman–Crippen LogP) is 2.50. The quantitative estimate of drug-likeness (QED) is 0.651. The van der Waals surface area contributed by atoms with Gasteiger partial charge in [-0.15, -0.1) is 5.06 Å². The van der Waals surface area contributed by atoms with Gasteiger partial charge in [0.2, 0.25) is 0 Å². The third kappa shape index (κ3) is 7.22. The van der Waals surface area contributed by atoms with Gasteiger partial charge in [-0.3, -0.25) is 0 Å². The summed E-state index contributed by atoms with van der Waals surface area (Å²) in [5.41, 5.74) is 0.677. The van der Waals surface area contributed by atoms with Crippen LogP contribution in [0.4, 0.5) is 4.79 Å². The summed E-state index contributed by atoms with van der Waals surface area (Å²) in [4.78, 5) is 25.3. The fourth-order valence-corrected chi connectivity index (χ4v) is 0.956. The summed E-state index contributed by atoms with van der Waals surface area (Å²) in [7, 11) is 0. The van der Waals surface area contributed by atoms with Crippen molar-refractivity contribution in [3.05, 3.63) is 42.0 Å². The highest BCUT2D eigenvalue weighted by Gasteiger charge is 2.10. The molecule has 1 aromatic carbocycles. The molecular weight excluding hydrogens is 276 g/mol. The maximum Gasteiger partial charge on any atom is 0.440 e. The van der Waals surface area contributed by atoms with Crippen LogP contribution in [-0.2, 0) is 4.79 Å². The van der Waals surface area contributed by atoms with Gasteiger partial charge in [0.15, 0.2) is 5.75 Å². The van der Waals surface area contributed by atoms with E-state index in [0.29, 0.717) is 11.3 Å². The van der Waals surface area contributed by atoms with E-state index in [1.54, 1.807) is 31.2 Å². The molecule has 21 heavy (non-hydrogen) atoms. The van der Waals surface area contributed by atoms with Crippen LogP contribution in [0.25, 0.3) is 0 Å². The molecule has 0 fully saturated rings. The standard InChI is InChI=1S/C10H10N2O3.C4H6O2/c1-2-12(10(13)14)15-9-5-3-8(7-11)4-6-9;1-3(2)4(5)6/h3-6H,2H2,1H3,(H,13,14);1H2,2H3,(H,5,6). The van der Waals surface area contributed by atoms with E-state index in [9.17, 15) is 9.59 Å². The van der Waals surface area contributed by atoms with E-state index in [-0.39, 0.29) is 12.1 Å². The minimum Gasteiger partial charge on any atom is -0.478 e. The lowest BCUT2D eigenvalue weighted by Gasteiger charge is -2.16. The highest BCUT2D eigenvalue weighted by molar-refractivity contribution is 5.84. The Bertz CT molecular complexity index is 533.